The molecular weight excluding hydrogens is 252 g/mol. The summed E-state index contributed by atoms with van der Waals surface area (Å²) < 4.78 is 11.7. The molecule has 2 aliphatic rings. The maximum atomic E-state index is 8.74. The van der Waals surface area contributed by atoms with Gasteiger partial charge in [-0.1, -0.05) is 12.1 Å². The van der Waals surface area contributed by atoms with Crippen LogP contribution in [-0.2, 0) is 0 Å². The number of hydrogen-bond donors (Lipinski definition) is 0. The number of likely N-dealkylation sites (tertiary alicyclic amines) is 1. The Morgan fingerprint density at radius 1 is 1.20 bits per heavy atom. The normalized spacial score (nSPS) is 23.2. The second kappa shape index (κ2) is 6.15. The van der Waals surface area contributed by atoms with Crippen LogP contribution < -0.4 is 9.47 Å². The predicted octanol–water partition coefficient (Wildman–Crippen LogP) is 2.45. The van der Waals surface area contributed by atoms with Gasteiger partial charge in [0.15, 0.2) is 11.5 Å². The second-order valence-corrected chi connectivity index (χ2v) is 5.60. The molecule has 2 heterocycles. The zero-order valence-electron chi connectivity index (χ0n) is 11.6. The Hall–Kier alpha value is -1.73. The minimum atomic E-state index is 0.109. The third kappa shape index (κ3) is 3.05. The standard InChI is InChI=1S/C16H20N2O2/c17-8-5-13-6-9-18(10-7-13)11-14-12-19-15-3-1-2-4-16(15)20-14/h1-4,13-14H,5-7,9-12H2/t14-/m1/s1. The summed E-state index contributed by atoms with van der Waals surface area (Å²) in [5.41, 5.74) is 0. The molecule has 4 nitrogen and oxygen atoms in total. The molecule has 0 spiro atoms. The van der Waals surface area contributed by atoms with Crippen LogP contribution in [0.2, 0.25) is 0 Å². The van der Waals surface area contributed by atoms with Gasteiger partial charge >= 0.3 is 0 Å². The number of rotatable bonds is 3. The third-order valence-electron chi connectivity index (χ3n) is 4.12. The molecule has 0 unspecified atom stereocenters. The lowest BCUT2D eigenvalue weighted by Crippen LogP contribution is -2.44. The molecule has 1 fully saturated rings. The zero-order chi connectivity index (χ0) is 13.8. The average Bonchev–Trinajstić information content (AvgIpc) is 2.49. The van der Waals surface area contributed by atoms with Gasteiger partial charge in [-0.15, -0.1) is 0 Å². The van der Waals surface area contributed by atoms with Crippen LogP contribution in [-0.4, -0.2) is 37.2 Å². The van der Waals surface area contributed by atoms with Crippen molar-refractivity contribution in [3.8, 4) is 17.6 Å². The van der Waals surface area contributed by atoms with Crippen LogP contribution in [0.3, 0.4) is 0 Å². The van der Waals surface area contributed by atoms with Gasteiger partial charge in [-0.05, 0) is 44.0 Å². The van der Waals surface area contributed by atoms with Crippen molar-refractivity contribution in [3.63, 3.8) is 0 Å². The van der Waals surface area contributed by atoms with Crippen LogP contribution in [0.4, 0.5) is 0 Å². The fraction of sp³-hybridized carbons (Fsp3) is 0.562. The van der Waals surface area contributed by atoms with Crippen LogP contribution in [0, 0.1) is 17.2 Å². The summed E-state index contributed by atoms with van der Waals surface area (Å²) in [6.45, 7) is 3.66. The van der Waals surface area contributed by atoms with Crippen molar-refractivity contribution in [1.29, 1.82) is 5.26 Å². The van der Waals surface area contributed by atoms with Crippen molar-refractivity contribution in [2.75, 3.05) is 26.2 Å². The van der Waals surface area contributed by atoms with E-state index in [1.807, 2.05) is 24.3 Å². The molecule has 1 saturated heterocycles. The monoisotopic (exact) mass is 272 g/mol. The number of ether oxygens (including phenoxy) is 2. The average molecular weight is 272 g/mol. The first-order chi connectivity index (χ1) is 9.85. The van der Waals surface area contributed by atoms with Crippen LogP contribution >= 0.6 is 0 Å². The van der Waals surface area contributed by atoms with Gasteiger partial charge in [0.1, 0.15) is 12.7 Å². The second-order valence-electron chi connectivity index (χ2n) is 5.60. The fourth-order valence-electron chi connectivity index (χ4n) is 2.94. The predicted molar refractivity (Wildman–Crippen MR) is 75.7 cm³/mol. The van der Waals surface area contributed by atoms with E-state index in [9.17, 15) is 0 Å². The molecule has 0 N–H and O–H groups in total. The highest BCUT2D eigenvalue weighted by atomic mass is 16.6. The lowest BCUT2D eigenvalue weighted by Gasteiger charge is -2.35. The van der Waals surface area contributed by atoms with Gasteiger partial charge in [-0.3, -0.25) is 4.90 Å². The molecular formula is C16H20N2O2. The molecule has 0 saturated carbocycles. The van der Waals surface area contributed by atoms with E-state index in [1.165, 1.54) is 0 Å². The Morgan fingerprint density at radius 3 is 2.70 bits per heavy atom. The highest BCUT2D eigenvalue weighted by Crippen LogP contribution is 2.31. The molecule has 2 aliphatic heterocycles. The fourth-order valence-corrected chi connectivity index (χ4v) is 2.94. The van der Waals surface area contributed by atoms with Gasteiger partial charge in [0, 0.05) is 13.0 Å². The highest BCUT2D eigenvalue weighted by Gasteiger charge is 2.25. The first-order valence-corrected chi connectivity index (χ1v) is 7.33. The van der Waals surface area contributed by atoms with E-state index in [2.05, 4.69) is 11.0 Å². The van der Waals surface area contributed by atoms with Crippen molar-refractivity contribution in [2.45, 2.75) is 25.4 Å². The quantitative estimate of drug-likeness (QED) is 0.848. The SMILES string of the molecule is N#CCC1CCN(C[C@@H]2COc3ccccc3O2)CC1. The third-order valence-corrected chi connectivity index (χ3v) is 4.12. The Morgan fingerprint density at radius 2 is 1.95 bits per heavy atom. The first kappa shape index (κ1) is 13.3. The molecule has 0 aliphatic carbocycles. The molecule has 1 aromatic carbocycles. The summed E-state index contributed by atoms with van der Waals surface area (Å²) in [6.07, 6.45) is 3.05. The van der Waals surface area contributed by atoms with E-state index in [0.29, 0.717) is 18.9 Å². The molecule has 3 rings (SSSR count). The summed E-state index contributed by atoms with van der Waals surface area (Å²) in [6, 6.07) is 10.1. The smallest absolute Gasteiger partial charge is 0.161 e. The largest absolute Gasteiger partial charge is 0.486 e. The number of benzene rings is 1. The Labute approximate surface area is 119 Å². The highest BCUT2D eigenvalue weighted by molar-refractivity contribution is 5.40. The minimum absolute atomic E-state index is 0.109. The van der Waals surface area contributed by atoms with Gasteiger partial charge in [-0.2, -0.15) is 5.26 Å². The molecule has 0 bridgehead atoms. The molecule has 1 aromatic rings. The number of fused-ring (bicyclic) bond motifs is 1. The molecule has 0 aromatic heterocycles. The lowest BCUT2D eigenvalue weighted by molar-refractivity contribution is 0.0480. The molecule has 0 radical (unpaired) electrons. The van der Waals surface area contributed by atoms with Crippen LogP contribution in [0.25, 0.3) is 0 Å². The van der Waals surface area contributed by atoms with E-state index in [0.717, 1.165) is 44.0 Å². The zero-order valence-corrected chi connectivity index (χ0v) is 11.6. The number of nitrogens with zero attached hydrogens (tertiary/aromatic N) is 2. The maximum Gasteiger partial charge on any atom is 0.161 e. The summed E-state index contributed by atoms with van der Waals surface area (Å²) in [5.74, 6) is 2.28. The van der Waals surface area contributed by atoms with Crippen LogP contribution in [0.15, 0.2) is 24.3 Å². The Kier molecular flexibility index (Phi) is 4.08. The lowest BCUT2D eigenvalue weighted by atomic mass is 9.94. The van der Waals surface area contributed by atoms with E-state index >= 15 is 0 Å². The number of nitriles is 1. The molecule has 106 valence electrons. The van der Waals surface area contributed by atoms with Crippen molar-refractivity contribution >= 4 is 0 Å². The van der Waals surface area contributed by atoms with Crippen molar-refractivity contribution in [1.82, 2.24) is 4.90 Å². The molecule has 4 heteroatoms. The van der Waals surface area contributed by atoms with E-state index < -0.39 is 0 Å². The molecule has 20 heavy (non-hydrogen) atoms. The topological polar surface area (TPSA) is 45.5 Å². The Balaban J connectivity index is 1.50. The summed E-state index contributed by atoms with van der Waals surface area (Å²) in [7, 11) is 0. The molecule has 0 amide bonds. The van der Waals surface area contributed by atoms with Gasteiger partial charge in [0.2, 0.25) is 0 Å². The van der Waals surface area contributed by atoms with Gasteiger partial charge in [0.05, 0.1) is 6.07 Å². The number of piperidine rings is 1. The minimum Gasteiger partial charge on any atom is -0.486 e. The van der Waals surface area contributed by atoms with Crippen LogP contribution in [0.5, 0.6) is 11.5 Å². The Bertz CT molecular complexity index is 489. The van der Waals surface area contributed by atoms with Gasteiger partial charge in [-0.25, -0.2) is 0 Å². The summed E-state index contributed by atoms with van der Waals surface area (Å²) in [4.78, 5) is 2.43. The van der Waals surface area contributed by atoms with Crippen molar-refractivity contribution in [2.24, 2.45) is 5.92 Å². The number of para-hydroxylation sites is 2. The number of hydrogen-bond acceptors (Lipinski definition) is 4. The van der Waals surface area contributed by atoms with Crippen LogP contribution in [0.1, 0.15) is 19.3 Å². The maximum absolute atomic E-state index is 8.74. The van der Waals surface area contributed by atoms with Crippen molar-refractivity contribution in [3.05, 3.63) is 24.3 Å². The van der Waals surface area contributed by atoms with E-state index in [4.69, 9.17) is 14.7 Å². The van der Waals surface area contributed by atoms with Crippen molar-refractivity contribution < 1.29 is 9.47 Å². The van der Waals surface area contributed by atoms with Gasteiger partial charge < -0.3 is 9.47 Å². The first-order valence-electron chi connectivity index (χ1n) is 7.33. The summed E-state index contributed by atoms with van der Waals surface area (Å²) in [5, 5.41) is 8.74. The van der Waals surface area contributed by atoms with Gasteiger partial charge in [0.25, 0.3) is 0 Å². The summed E-state index contributed by atoms with van der Waals surface area (Å²) >= 11 is 0. The molecule has 1 atom stereocenters. The van der Waals surface area contributed by atoms with E-state index in [1.54, 1.807) is 0 Å². The van der Waals surface area contributed by atoms with E-state index in [-0.39, 0.29) is 6.10 Å².